The summed E-state index contributed by atoms with van der Waals surface area (Å²) in [6, 6.07) is 3.28. The molecular formula is C20H26N6O5. The molecule has 1 heterocycles. The monoisotopic (exact) mass is 430 g/mol. The first kappa shape index (κ1) is 23.5. The van der Waals surface area contributed by atoms with E-state index in [-0.39, 0.29) is 18.5 Å². The summed E-state index contributed by atoms with van der Waals surface area (Å²) >= 11 is 0. The molecule has 0 spiro atoms. The predicted octanol–water partition coefficient (Wildman–Crippen LogP) is 0.326. The van der Waals surface area contributed by atoms with Crippen LogP contribution in [0.15, 0.2) is 30.5 Å². The second kappa shape index (κ2) is 11.5. The summed E-state index contributed by atoms with van der Waals surface area (Å²) in [5.74, 6) is -0.751. The van der Waals surface area contributed by atoms with E-state index in [2.05, 4.69) is 20.6 Å². The van der Waals surface area contributed by atoms with Gasteiger partial charge >= 0.3 is 5.97 Å². The maximum Gasteiger partial charge on any atom is 0.320 e. The van der Waals surface area contributed by atoms with Crippen LogP contribution in [0.25, 0.3) is 10.9 Å². The first-order valence-electron chi connectivity index (χ1n) is 9.53. The first-order valence-corrected chi connectivity index (χ1v) is 9.53. The zero-order valence-electron chi connectivity index (χ0n) is 17.7. The number of fused-ring (bicyclic) bond motifs is 1. The average Bonchev–Trinajstić information content (AvgIpc) is 2.72. The molecule has 0 aliphatic carbocycles. The zero-order valence-corrected chi connectivity index (χ0v) is 17.7. The van der Waals surface area contributed by atoms with Crippen molar-refractivity contribution in [1.82, 2.24) is 20.2 Å². The summed E-state index contributed by atoms with van der Waals surface area (Å²) in [5, 5.41) is 5.96. The Labute approximate surface area is 179 Å². The van der Waals surface area contributed by atoms with Crippen molar-refractivity contribution in [3.63, 3.8) is 0 Å². The van der Waals surface area contributed by atoms with Crippen molar-refractivity contribution in [3.8, 4) is 5.75 Å². The van der Waals surface area contributed by atoms with E-state index in [0.717, 1.165) is 12.2 Å². The van der Waals surface area contributed by atoms with Gasteiger partial charge in [0, 0.05) is 42.9 Å². The molecule has 166 valence electrons. The number of nitrogens with two attached hydrogens (primary N) is 1. The Balaban J connectivity index is 1.87. The van der Waals surface area contributed by atoms with Gasteiger partial charge in [-0.2, -0.15) is 0 Å². The molecule has 0 fully saturated rings. The zero-order chi connectivity index (χ0) is 22.8. The van der Waals surface area contributed by atoms with Crippen molar-refractivity contribution in [1.29, 1.82) is 0 Å². The summed E-state index contributed by atoms with van der Waals surface area (Å²) in [7, 11) is 3.20. The fraction of sp³-hybridized carbons (Fsp3) is 0.350. The van der Waals surface area contributed by atoms with Gasteiger partial charge in [0.05, 0.1) is 31.5 Å². The summed E-state index contributed by atoms with van der Waals surface area (Å²) < 4.78 is 10.1. The minimum absolute atomic E-state index is 0.132. The third kappa shape index (κ3) is 7.55. The maximum atomic E-state index is 12.2. The molecule has 0 bridgehead atoms. The first-order chi connectivity index (χ1) is 14.8. The van der Waals surface area contributed by atoms with E-state index in [0.29, 0.717) is 42.0 Å². The van der Waals surface area contributed by atoms with Crippen molar-refractivity contribution < 1.29 is 23.9 Å². The van der Waals surface area contributed by atoms with Crippen LogP contribution in [0.5, 0.6) is 5.75 Å². The summed E-state index contributed by atoms with van der Waals surface area (Å²) in [5.41, 5.74) is 6.56. The molecule has 0 radical (unpaired) electrons. The Hall–Kier alpha value is -3.73. The lowest BCUT2D eigenvalue weighted by molar-refractivity contribution is -0.144. The molecule has 0 atom stereocenters. The van der Waals surface area contributed by atoms with E-state index in [4.69, 9.17) is 15.2 Å². The van der Waals surface area contributed by atoms with Gasteiger partial charge < -0.3 is 25.8 Å². The third-order valence-electron chi connectivity index (χ3n) is 4.06. The molecule has 11 nitrogen and oxygen atoms in total. The van der Waals surface area contributed by atoms with Gasteiger partial charge in [0.25, 0.3) is 0 Å². The molecule has 0 aliphatic heterocycles. The number of aromatic nitrogens is 2. The molecule has 0 saturated heterocycles. The number of ether oxygens (including phenoxy) is 2. The Morgan fingerprint density at radius 2 is 1.97 bits per heavy atom. The molecule has 11 heteroatoms. The Kier molecular flexibility index (Phi) is 8.70. The van der Waals surface area contributed by atoms with Crippen LogP contribution in [0, 0.1) is 0 Å². The molecule has 0 aliphatic rings. The number of carbonyl (C=O) groups is 3. The van der Waals surface area contributed by atoms with Gasteiger partial charge in [-0.1, -0.05) is 0 Å². The third-order valence-corrected chi connectivity index (χ3v) is 4.06. The number of benzene rings is 1. The minimum Gasteiger partial charge on any atom is -0.494 e. The molecule has 4 N–H and O–H groups in total. The SMILES string of the molecule is CCOC(=O)CN(C)CCNC(=O)C=CC(=O)Nc1cc2cnc(N)nc2cc1OC. The number of likely N-dealkylation sites (N-methyl/N-ethyl adjacent to an activating group) is 1. The van der Waals surface area contributed by atoms with Crippen molar-refractivity contribution >= 4 is 40.3 Å². The molecule has 2 rings (SSSR count). The molecule has 2 aromatic rings. The van der Waals surface area contributed by atoms with Crippen LogP contribution in [0.4, 0.5) is 11.6 Å². The summed E-state index contributed by atoms with van der Waals surface area (Å²) in [6.45, 7) is 2.95. The minimum atomic E-state index is -0.511. The van der Waals surface area contributed by atoms with E-state index in [1.165, 1.54) is 13.3 Å². The van der Waals surface area contributed by atoms with E-state index < -0.39 is 11.8 Å². The lowest BCUT2D eigenvalue weighted by Gasteiger charge is -2.15. The highest BCUT2D eigenvalue weighted by molar-refractivity contribution is 6.05. The normalized spacial score (nSPS) is 11.0. The molecule has 0 saturated carbocycles. The van der Waals surface area contributed by atoms with Crippen molar-refractivity contribution in [2.45, 2.75) is 6.92 Å². The van der Waals surface area contributed by atoms with Crippen LogP contribution in [0.1, 0.15) is 6.92 Å². The highest BCUT2D eigenvalue weighted by atomic mass is 16.5. The molecule has 1 aromatic heterocycles. The number of nitrogens with one attached hydrogen (secondary N) is 2. The molecule has 1 aromatic carbocycles. The molecule has 2 amide bonds. The largest absolute Gasteiger partial charge is 0.494 e. The highest BCUT2D eigenvalue weighted by Crippen LogP contribution is 2.29. The van der Waals surface area contributed by atoms with Crippen LogP contribution in [0.2, 0.25) is 0 Å². The Morgan fingerprint density at radius 1 is 1.23 bits per heavy atom. The van der Waals surface area contributed by atoms with E-state index in [1.54, 1.807) is 31.0 Å². The quantitative estimate of drug-likeness (QED) is 0.358. The number of anilines is 2. The number of amides is 2. The van der Waals surface area contributed by atoms with Crippen molar-refractivity contribution in [2.24, 2.45) is 0 Å². The molecular weight excluding hydrogens is 404 g/mol. The van der Waals surface area contributed by atoms with E-state index in [9.17, 15) is 14.4 Å². The van der Waals surface area contributed by atoms with Crippen LogP contribution in [0.3, 0.4) is 0 Å². The number of methoxy groups -OCH3 is 1. The fourth-order valence-corrected chi connectivity index (χ4v) is 2.60. The lowest BCUT2D eigenvalue weighted by atomic mass is 10.2. The summed E-state index contributed by atoms with van der Waals surface area (Å²) in [4.78, 5) is 45.2. The average molecular weight is 430 g/mol. The van der Waals surface area contributed by atoms with Gasteiger partial charge in [-0.25, -0.2) is 9.97 Å². The van der Waals surface area contributed by atoms with E-state index in [1.807, 2.05) is 0 Å². The number of esters is 1. The van der Waals surface area contributed by atoms with Gasteiger partial charge in [-0.15, -0.1) is 0 Å². The van der Waals surface area contributed by atoms with E-state index >= 15 is 0 Å². The van der Waals surface area contributed by atoms with Crippen molar-refractivity contribution in [3.05, 3.63) is 30.5 Å². The number of rotatable bonds is 10. The maximum absolute atomic E-state index is 12.2. The number of nitrogen functional groups attached to an aromatic ring is 1. The van der Waals surface area contributed by atoms with Gasteiger partial charge in [0.1, 0.15) is 5.75 Å². The predicted molar refractivity (Wildman–Crippen MR) is 115 cm³/mol. The van der Waals surface area contributed by atoms with Gasteiger partial charge in [0.2, 0.25) is 17.8 Å². The second-order valence-electron chi connectivity index (χ2n) is 6.50. The van der Waals surface area contributed by atoms with Gasteiger partial charge in [-0.05, 0) is 20.0 Å². The van der Waals surface area contributed by atoms with Gasteiger partial charge in [-0.3, -0.25) is 19.3 Å². The number of carbonyl (C=O) groups excluding carboxylic acids is 3. The van der Waals surface area contributed by atoms with Crippen LogP contribution in [-0.2, 0) is 19.1 Å². The number of nitrogens with zero attached hydrogens (tertiary/aromatic N) is 3. The highest BCUT2D eigenvalue weighted by Gasteiger charge is 2.10. The van der Waals surface area contributed by atoms with Crippen molar-refractivity contribution in [2.75, 3.05) is 51.4 Å². The smallest absolute Gasteiger partial charge is 0.320 e. The lowest BCUT2D eigenvalue weighted by Crippen LogP contribution is -2.35. The Bertz CT molecular complexity index is 978. The fourth-order valence-electron chi connectivity index (χ4n) is 2.60. The van der Waals surface area contributed by atoms with Crippen LogP contribution in [-0.4, -0.2) is 73.1 Å². The standard InChI is InChI=1S/C20H26N6O5/c1-4-31-19(29)12-26(2)8-7-22-17(27)5-6-18(28)24-15-9-13-11-23-20(21)25-14(13)10-16(15)30-3/h5-6,9-11H,4,7-8,12H2,1-3H3,(H,22,27)(H,24,28)(H2,21,23,25). The van der Waals surface area contributed by atoms with Crippen LogP contribution >= 0.6 is 0 Å². The second-order valence-corrected chi connectivity index (χ2v) is 6.50. The molecule has 31 heavy (non-hydrogen) atoms. The summed E-state index contributed by atoms with van der Waals surface area (Å²) in [6.07, 6.45) is 3.77. The van der Waals surface area contributed by atoms with Gasteiger partial charge in [0.15, 0.2) is 0 Å². The topological polar surface area (TPSA) is 149 Å². The number of hydrogen-bond donors (Lipinski definition) is 3. The number of hydrogen-bond acceptors (Lipinski definition) is 9. The van der Waals surface area contributed by atoms with Crippen LogP contribution < -0.4 is 21.1 Å². The molecule has 0 unspecified atom stereocenters. The Morgan fingerprint density at radius 3 is 2.68 bits per heavy atom.